The van der Waals surface area contributed by atoms with Gasteiger partial charge in [0.15, 0.2) is 5.65 Å². The van der Waals surface area contributed by atoms with E-state index < -0.39 is 0 Å². The molecule has 28 heavy (non-hydrogen) atoms. The molecule has 3 heterocycles. The van der Waals surface area contributed by atoms with E-state index in [4.69, 9.17) is 0 Å². The van der Waals surface area contributed by atoms with Crippen LogP contribution in [0.15, 0.2) is 70.8 Å². The van der Waals surface area contributed by atoms with Crippen molar-refractivity contribution in [2.75, 3.05) is 0 Å². The van der Waals surface area contributed by atoms with Crippen molar-refractivity contribution in [2.45, 2.75) is 13.1 Å². The van der Waals surface area contributed by atoms with Gasteiger partial charge in [-0.3, -0.25) is 14.4 Å². The molecule has 5 nitrogen and oxygen atoms in total. The molecule has 0 unspecified atom stereocenters. The lowest BCUT2D eigenvalue weighted by Gasteiger charge is -2.11. The Kier molecular flexibility index (Phi) is 3.83. The van der Waals surface area contributed by atoms with Gasteiger partial charge in [-0.15, -0.1) is 0 Å². The first-order valence-corrected chi connectivity index (χ1v) is 8.91. The quantitative estimate of drug-likeness (QED) is 0.554. The van der Waals surface area contributed by atoms with Gasteiger partial charge in [-0.2, -0.15) is 0 Å². The van der Waals surface area contributed by atoms with Crippen LogP contribution in [0.1, 0.15) is 16.7 Å². The maximum atomic E-state index is 14.8. The molecule has 0 amide bonds. The van der Waals surface area contributed by atoms with E-state index in [0.29, 0.717) is 23.1 Å². The molecule has 1 aliphatic rings. The second-order valence-corrected chi connectivity index (χ2v) is 6.71. The van der Waals surface area contributed by atoms with Crippen LogP contribution in [0.5, 0.6) is 0 Å². The van der Waals surface area contributed by atoms with E-state index in [-0.39, 0.29) is 17.9 Å². The van der Waals surface area contributed by atoms with Crippen LogP contribution in [0.25, 0.3) is 22.2 Å². The Balaban J connectivity index is 1.52. The van der Waals surface area contributed by atoms with Gasteiger partial charge in [0.1, 0.15) is 12.1 Å². The van der Waals surface area contributed by atoms with E-state index in [1.54, 1.807) is 24.4 Å². The lowest BCUT2D eigenvalue weighted by Crippen LogP contribution is -2.21. The molecular formula is C22H15FN4O. The molecule has 0 saturated carbocycles. The minimum Gasteiger partial charge on any atom is -0.294 e. The van der Waals surface area contributed by atoms with Gasteiger partial charge in [0.05, 0.1) is 18.5 Å². The Bertz CT molecular complexity index is 1310. The zero-order valence-corrected chi connectivity index (χ0v) is 14.8. The second-order valence-electron chi connectivity index (χ2n) is 6.71. The number of fused-ring (bicyclic) bond motifs is 2. The molecule has 0 saturated heterocycles. The number of halogens is 1. The fraction of sp³-hybridized carbons (Fsp3) is 0.0909. The molecule has 4 aromatic rings. The van der Waals surface area contributed by atoms with Gasteiger partial charge in [0, 0.05) is 23.5 Å². The van der Waals surface area contributed by atoms with Crippen LogP contribution in [0.3, 0.4) is 0 Å². The van der Waals surface area contributed by atoms with Crippen molar-refractivity contribution in [1.82, 2.24) is 14.5 Å². The third-order valence-electron chi connectivity index (χ3n) is 4.98. The predicted octanol–water partition coefficient (Wildman–Crippen LogP) is 3.58. The standard InChI is InChI=1S/C22H15FN4O/c23-20-9-14(17-4-1-3-15-10-24-11-19(15)17)6-7-16(20)12-27-13-26-21-18(22(27)28)5-2-8-25-21/h1-9,11,13H,10,12H2. The van der Waals surface area contributed by atoms with Gasteiger partial charge in [0.25, 0.3) is 5.56 Å². The minimum absolute atomic E-state index is 0.108. The SMILES string of the molecule is O=c1c2cccnc2ncn1Cc1ccc(-c2cccc3c2C=NC3)cc1F. The summed E-state index contributed by atoms with van der Waals surface area (Å²) in [4.78, 5) is 25.2. The summed E-state index contributed by atoms with van der Waals surface area (Å²) in [5.74, 6) is -0.358. The average molecular weight is 370 g/mol. The highest BCUT2D eigenvalue weighted by Gasteiger charge is 2.14. The maximum absolute atomic E-state index is 14.8. The minimum atomic E-state index is -0.358. The van der Waals surface area contributed by atoms with E-state index in [0.717, 1.165) is 22.3 Å². The summed E-state index contributed by atoms with van der Waals surface area (Å²) in [6, 6.07) is 14.4. The average Bonchev–Trinajstić information content (AvgIpc) is 3.20. The van der Waals surface area contributed by atoms with Crippen LogP contribution in [-0.2, 0) is 13.1 Å². The highest BCUT2D eigenvalue weighted by atomic mass is 19.1. The molecule has 0 fully saturated rings. The molecule has 0 aliphatic carbocycles. The predicted molar refractivity (Wildman–Crippen MR) is 106 cm³/mol. The molecule has 0 spiro atoms. The lowest BCUT2D eigenvalue weighted by atomic mass is 9.96. The van der Waals surface area contributed by atoms with Gasteiger partial charge in [-0.25, -0.2) is 14.4 Å². The summed E-state index contributed by atoms with van der Waals surface area (Å²) >= 11 is 0. The molecule has 0 atom stereocenters. The molecule has 5 rings (SSSR count). The summed E-state index contributed by atoms with van der Waals surface area (Å²) in [6.07, 6.45) is 4.83. The second kappa shape index (κ2) is 6.49. The zero-order valence-electron chi connectivity index (χ0n) is 14.8. The number of aromatic nitrogens is 3. The summed E-state index contributed by atoms with van der Waals surface area (Å²) in [5, 5.41) is 0.418. The first-order valence-electron chi connectivity index (χ1n) is 8.91. The highest BCUT2D eigenvalue weighted by Crippen LogP contribution is 2.29. The van der Waals surface area contributed by atoms with Crippen molar-refractivity contribution in [3.63, 3.8) is 0 Å². The summed E-state index contributed by atoms with van der Waals surface area (Å²) in [7, 11) is 0. The van der Waals surface area contributed by atoms with Crippen LogP contribution < -0.4 is 5.56 Å². The van der Waals surface area contributed by atoms with Crippen LogP contribution in [0.2, 0.25) is 0 Å². The molecule has 0 bridgehead atoms. The number of pyridine rings is 1. The van der Waals surface area contributed by atoms with Crippen molar-refractivity contribution in [3.05, 3.63) is 93.9 Å². The number of rotatable bonds is 3. The monoisotopic (exact) mass is 370 g/mol. The fourth-order valence-corrected chi connectivity index (χ4v) is 3.53. The molecule has 2 aromatic carbocycles. The van der Waals surface area contributed by atoms with E-state index in [1.165, 1.54) is 17.0 Å². The molecule has 1 aliphatic heterocycles. The summed E-state index contributed by atoms with van der Waals surface area (Å²) in [6.45, 7) is 0.771. The number of hydrogen-bond acceptors (Lipinski definition) is 4. The lowest BCUT2D eigenvalue weighted by molar-refractivity contribution is 0.595. The smallest absolute Gasteiger partial charge is 0.263 e. The van der Waals surface area contributed by atoms with Gasteiger partial charge < -0.3 is 0 Å². The van der Waals surface area contributed by atoms with Crippen LogP contribution in [0, 0.1) is 5.82 Å². The molecular weight excluding hydrogens is 355 g/mol. The van der Waals surface area contributed by atoms with Gasteiger partial charge in [-0.05, 0) is 34.9 Å². The molecule has 0 radical (unpaired) electrons. The highest BCUT2D eigenvalue weighted by molar-refractivity contribution is 5.94. The molecule has 0 N–H and O–H groups in total. The Hall–Kier alpha value is -3.67. The van der Waals surface area contributed by atoms with Crippen molar-refractivity contribution >= 4 is 17.2 Å². The topological polar surface area (TPSA) is 60.1 Å². The normalized spacial score (nSPS) is 12.5. The molecule has 136 valence electrons. The Labute approximate surface area is 159 Å². The van der Waals surface area contributed by atoms with Gasteiger partial charge in [-0.1, -0.05) is 30.3 Å². The van der Waals surface area contributed by atoms with E-state index in [2.05, 4.69) is 15.0 Å². The third-order valence-corrected chi connectivity index (χ3v) is 4.98. The van der Waals surface area contributed by atoms with Crippen molar-refractivity contribution in [2.24, 2.45) is 4.99 Å². The Morgan fingerprint density at radius 2 is 2.00 bits per heavy atom. The van der Waals surface area contributed by atoms with Crippen LogP contribution in [0.4, 0.5) is 4.39 Å². The first kappa shape index (κ1) is 16.5. The van der Waals surface area contributed by atoms with Crippen molar-refractivity contribution < 1.29 is 4.39 Å². The van der Waals surface area contributed by atoms with E-state index in [9.17, 15) is 9.18 Å². The summed E-state index contributed by atoms with van der Waals surface area (Å²) in [5.41, 5.74) is 4.51. The largest absolute Gasteiger partial charge is 0.294 e. The fourth-order valence-electron chi connectivity index (χ4n) is 3.53. The van der Waals surface area contributed by atoms with E-state index >= 15 is 0 Å². The Morgan fingerprint density at radius 3 is 2.89 bits per heavy atom. The Morgan fingerprint density at radius 1 is 1.07 bits per heavy atom. The maximum Gasteiger partial charge on any atom is 0.263 e. The van der Waals surface area contributed by atoms with Gasteiger partial charge >= 0.3 is 0 Å². The van der Waals surface area contributed by atoms with Crippen molar-refractivity contribution in [1.29, 1.82) is 0 Å². The van der Waals surface area contributed by atoms with Crippen molar-refractivity contribution in [3.8, 4) is 11.1 Å². The zero-order chi connectivity index (χ0) is 19.1. The molecule has 2 aromatic heterocycles. The first-order chi connectivity index (χ1) is 13.7. The number of hydrogen-bond donors (Lipinski definition) is 0. The number of benzene rings is 2. The number of nitrogens with zero attached hydrogens (tertiary/aromatic N) is 4. The van der Waals surface area contributed by atoms with Crippen LogP contribution >= 0.6 is 0 Å². The van der Waals surface area contributed by atoms with E-state index in [1.807, 2.05) is 30.5 Å². The number of aliphatic imine (C=N–C) groups is 1. The van der Waals surface area contributed by atoms with Gasteiger partial charge in [0.2, 0.25) is 0 Å². The van der Waals surface area contributed by atoms with Crippen LogP contribution in [-0.4, -0.2) is 20.7 Å². The summed E-state index contributed by atoms with van der Waals surface area (Å²) < 4.78 is 16.2. The third kappa shape index (κ3) is 2.70. The molecule has 6 heteroatoms.